The van der Waals surface area contributed by atoms with Crippen molar-refractivity contribution in [1.82, 2.24) is 0 Å². The number of para-hydroxylation sites is 1. The molecule has 168 valence electrons. The molecule has 2 fully saturated rings. The molecule has 32 heavy (non-hydrogen) atoms. The Morgan fingerprint density at radius 3 is 2.56 bits per heavy atom. The summed E-state index contributed by atoms with van der Waals surface area (Å²) in [5.74, 6) is -0.0677. The van der Waals surface area contributed by atoms with Gasteiger partial charge in [0.25, 0.3) is 0 Å². The average Bonchev–Trinajstić information content (AvgIpc) is 3.39. The molecular weight excluding hydrogens is 402 g/mol. The highest BCUT2D eigenvalue weighted by molar-refractivity contribution is 6.04. The molecule has 0 radical (unpaired) electrons. The van der Waals surface area contributed by atoms with E-state index in [0.717, 1.165) is 41.9 Å². The van der Waals surface area contributed by atoms with Crippen LogP contribution in [0.4, 0.5) is 17.1 Å². The minimum absolute atomic E-state index is 0.0139. The summed E-state index contributed by atoms with van der Waals surface area (Å²) in [5.41, 5.74) is 4.59. The molecule has 6 heteroatoms. The fraction of sp³-hybridized carbons (Fsp3) is 0.423. The maximum Gasteiger partial charge on any atom is 0.229 e. The van der Waals surface area contributed by atoms with Crippen molar-refractivity contribution in [2.45, 2.75) is 52.4 Å². The summed E-state index contributed by atoms with van der Waals surface area (Å²) in [6, 6.07) is 13.6. The monoisotopic (exact) mass is 433 g/mol. The lowest BCUT2D eigenvalue weighted by Crippen LogP contribution is -2.29. The summed E-state index contributed by atoms with van der Waals surface area (Å²) in [5, 5.41) is 2.97. The van der Waals surface area contributed by atoms with Gasteiger partial charge in [-0.15, -0.1) is 0 Å². The molecule has 2 heterocycles. The minimum Gasteiger partial charge on any atom is -0.326 e. The molecule has 0 bridgehead atoms. The van der Waals surface area contributed by atoms with Crippen molar-refractivity contribution in [1.29, 1.82) is 0 Å². The number of nitrogens with one attached hydrogen (secondary N) is 1. The summed E-state index contributed by atoms with van der Waals surface area (Å²) in [6.45, 7) is 7.37. The van der Waals surface area contributed by atoms with Crippen LogP contribution >= 0.6 is 0 Å². The van der Waals surface area contributed by atoms with Gasteiger partial charge >= 0.3 is 0 Å². The maximum atomic E-state index is 13.0. The normalized spacial score (nSPS) is 19.5. The number of amides is 3. The average molecular weight is 434 g/mol. The van der Waals surface area contributed by atoms with Crippen molar-refractivity contribution in [3.05, 3.63) is 53.6 Å². The third-order valence-corrected chi connectivity index (χ3v) is 6.70. The first-order valence-corrected chi connectivity index (χ1v) is 11.5. The fourth-order valence-electron chi connectivity index (χ4n) is 4.67. The summed E-state index contributed by atoms with van der Waals surface area (Å²) >= 11 is 0. The zero-order chi connectivity index (χ0) is 22.8. The van der Waals surface area contributed by atoms with Gasteiger partial charge in [0.1, 0.15) is 0 Å². The second-order valence-electron chi connectivity index (χ2n) is 8.91. The van der Waals surface area contributed by atoms with E-state index >= 15 is 0 Å². The van der Waals surface area contributed by atoms with E-state index in [9.17, 15) is 14.4 Å². The van der Waals surface area contributed by atoms with Crippen LogP contribution in [0.15, 0.2) is 42.5 Å². The molecule has 3 amide bonds. The third kappa shape index (κ3) is 4.27. The molecule has 2 unspecified atom stereocenters. The highest BCUT2D eigenvalue weighted by atomic mass is 16.2. The maximum absolute atomic E-state index is 13.0. The van der Waals surface area contributed by atoms with Gasteiger partial charge in [0, 0.05) is 43.0 Å². The molecule has 4 rings (SSSR count). The van der Waals surface area contributed by atoms with E-state index in [1.54, 1.807) is 4.90 Å². The molecule has 0 aromatic heterocycles. The van der Waals surface area contributed by atoms with Gasteiger partial charge in [-0.25, -0.2) is 0 Å². The van der Waals surface area contributed by atoms with E-state index in [1.165, 1.54) is 0 Å². The van der Waals surface area contributed by atoms with Crippen molar-refractivity contribution in [2.75, 3.05) is 28.2 Å². The molecule has 2 aromatic carbocycles. The van der Waals surface area contributed by atoms with Crippen molar-refractivity contribution >= 4 is 34.8 Å². The van der Waals surface area contributed by atoms with Gasteiger partial charge in [0.2, 0.25) is 17.7 Å². The van der Waals surface area contributed by atoms with E-state index in [4.69, 9.17) is 0 Å². The number of hydrogen-bond acceptors (Lipinski definition) is 3. The molecule has 0 saturated carbocycles. The topological polar surface area (TPSA) is 69.7 Å². The molecule has 2 aliphatic heterocycles. The highest BCUT2D eigenvalue weighted by Gasteiger charge is 2.36. The minimum atomic E-state index is -0.396. The first-order chi connectivity index (χ1) is 15.4. The summed E-state index contributed by atoms with van der Waals surface area (Å²) < 4.78 is 0. The van der Waals surface area contributed by atoms with E-state index < -0.39 is 5.92 Å². The molecule has 2 atom stereocenters. The van der Waals surface area contributed by atoms with Crippen molar-refractivity contribution in [2.24, 2.45) is 5.92 Å². The predicted molar refractivity (Wildman–Crippen MR) is 127 cm³/mol. The zero-order valence-electron chi connectivity index (χ0n) is 19.1. The van der Waals surface area contributed by atoms with Gasteiger partial charge in [0.15, 0.2) is 0 Å². The van der Waals surface area contributed by atoms with Crippen LogP contribution in [-0.2, 0) is 14.4 Å². The number of anilines is 3. The number of carbonyl (C=O) groups is 3. The van der Waals surface area contributed by atoms with Crippen molar-refractivity contribution in [3.8, 4) is 0 Å². The standard InChI is InChI=1S/C26H31N3O3/c1-4-17(2)21-8-5-6-9-23(21)29-16-19(15-25(29)31)26(32)27-20-11-12-22(18(3)14-20)28-13-7-10-24(28)30/h5-6,8-9,11-12,14,17,19H,4,7,10,13,15-16H2,1-3H3,(H,27,32). The Balaban J connectivity index is 1.46. The van der Waals surface area contributed by atoms with Gasteiger partial charge in [-0.3, -0.25) is 14.4 Å². The Morgan fingerprint density at radius 2 is 1.88 bits per heavy atom. The van der Waals surface area contributed by atoms with Gasteiger partial charge < -0.3 is 15.1 Å². The van der Waals surface area contributed by atoms with Crippen LogP contribution in [0.25, 0.3) is 0 Å². The van der Waals surface area contributed by atoms with Crippen LogP contribution in [0.2, 0.25) is 0 Å². The molecule has 2 aliphatic rings. The Bertz CT molecular complexity index is 1050. The zero-order valence-corrected chi connectivity index (χ0v) is 19.1. The summed E-state index contributed by atoms with van der Waals surface area (Å²) in [4.78, 5) is 41.4. The van der Waals surface area contributed by atoms with E-state index in [2.05, 4.69) is 25.2 Å². The van der Waals surface area contributed by atoms with Crippen LogP contribution in [0.5, 0.6) is 0 Å². The lowest BCUT2D eigenvalue weighted by molar-refractivity contribution is -0.122. The molecular formula is C26H31N3O3. The first-order valence-electron chi connectivity index (χ1n) is 11.5. The lowest BCUT2D eigenvalue weighted by Gasteiger charge is -2.23. The van der Waals surface area contributed by atoms with Crippen LogP contribution in [0.3, 0.4) is 0 Å². The Kier molecular flexibility index (Phi) is 6.31. The van der Waals surface area contributed by atoms with Crippen molar-refractivity contribution in [3.63, 3.8) is 0 Å². The highest BCUT2D eigenvalue weighted by Crippen LogP contribution is 2.34. The number of benzene rings is 2. The second kappa shape index (κ2) is 9.15. The molecule has 1 N–H and O–H groups in total. The Morgan fingerprint density at radius 1 is 1.09 bits per heavy atom. The van der Waals surface area contributed by atoms with Gasteiger partial charge in [-0.2, -0.15) is 0 Å². The number of aryl methyl sites for hydroxylation is 1. The second-order valence-corrected chi connectivity index (χ2v) is 8.91. The SMILES string of the molecule is CCC(C)c1ccccc1N1CC(C(=O)Nc2ccc(N3CCCC3=O)c(C)c2)CC1=O. The number of hydrogen-bond donors (Lipinski definition) is 1. The van der Waals surface area contributed by atoms with Crippen LogP contribution < -0.4 is 15.1 Å². The van der Waals surface area contributed by atoms with Gasteiger partial charge in [-0.05, 0) is 61.1 Å². The van der Waals surface area contributed by atoms with Gasteiger partial charge in [0.05, 0.1) is 5.92 Å². The van der Waals surface area contributed by atoms with Crippen molar-refractivity contribution < 1.29 is 14.4 Å². The van der Waals surface area contributed by atoms with Crippen LogP contribution in [0, 0.1) is 12.8 Å². The predicted octanol–water partition coefficient (Wildman–Crippen LogP) is 4.63. The third-order valence-electron chi connectivity index (χ3n) is 6.70. The smallest absolute Gasteiger partial charge is 0.229 e. The van der Waals surface area contributed by atoms with E-state index in [1.807, 2.05) is 48.2 Å². The number of rotatable bonds is 6. The number of carbonyl (C=O) groups excluding carboxylic acids is 3. The largest absolute Gasteiger partial charge is 0.326 e. The van der Waals surface area contributed by atoms with Gasteiger partial charge in [-0.1, -0.05) is 32.0 Å². The molecule has 0 spiro atoms. The molecule has 2 aromatic rings. The van der Waals surface area contributed by atoms with E-state index in [0.29, 0.717) is 24.6 Å². The number of nitrogens with zero attached hydrogens (tertiary/aromatic N) is 2. The molecule has 0 aliphatic carbocycles. The molecule has 6 nitrogen and oxygen atoms in total. The summed E-state index contributed by atoms with van der Waals surface area (Å²) in [6.07, 6.45) is 2.66. The Hall–Kier alpha value is -3.15. The first kappa shape index (κ1) is 22.1. The summed E-state index contributed by atoms with van der Waals surface area (Å²) in [7, 11) is 0. The van der Waals surface area contributed by atoms with E-state index in [-0.39, 0.29) is 24.1 Å². The fourth-order valence-corrected chi connectivity index (χ4v) is 4.67. The quantitative estimate of drug-likeness (QED) is 0.722. The van der Waals surface area contributed by atoms with Crippen LogP contribution in [-0.4, -0.2) is 30.8 Å². The lowest BCUT2D eigenvalue weighted by atomic mass is 9.96. The van der Waals surface area contributed by atoms with Crippen LogP contribution in [0.1, 0.15) is 56.6 Å². The molecule has 2 saturated heterocycles. The Labute approximate surface area is 189 Å².